The Labute approximate surface area is 176 Å². The molecule has 0 saturated carbocycles. The zero-order valence-electron chi connectivity index (χ0n) is 17.2. The summed E-state index contributed by atoms with van der Waals surface area (Å²) in [5.74, 6) is 0.627. The Morgan fingerprint density at radius 3 is 2.90 bits per heavy atom. The molecular formula is C24H27N3O3. The number of hydrogen-bond donors (Lipinski definition) is 2. The molecule has 1 spiro atoms. The highest BCUT2D eigenvalue weighted by atomic mass is 16.5. The monoisotopic (exact) mass is 405 g/mol. The molecule has 6 heteroatoms. The lowest BCUT2D eigenvalue weighted by Gasteiger charge is -2.35. The lowest BCUT2D eigenvalue weighted by Crippen LogP contribution is -2.49. The van der Waals surface area contributed by atoms with Crippen LogP contribution in [0, 0.1) is 0 Å². The molecule has 30 heavy (non-hydrogen) atoms. The van der Waals surface area contributed by atoms with Crippen molar-refractivity contribution in [1.29, 1.82) is 0 Å². The molecule has 2 aliphatic heterocycles. The summed E-state index contributed by atoms with van der Waals surface area (Å²) >= 11 is 0. The minimum absolute atomic E-state index is 0.0647. The molecule has 1 saturated heterocycles. The summed E-state index contributed by atoms with van der Waals surface area (Å²) in [5.41, 5.74) is 4.23. The van der Waals surface area contributed by atoms with Gasteiger partial charge in [0.25, 0.3) is 0 Å². The lowest BCUT2D eigenvalue weighted by atomic mass is 9.86. The van der Waals surface area contributed by atoms with E-state index in [1.165, 1.54) is 18.4 Å². The number of ether oxygens (including phenoxy) is 2. The molecule has 1 aromatic heterocycles. The Morgan fingerprint density at radius 1 is 1.20 bits per heavy atom. The van der Waals surface area contributed by atoms with Crippen molar-refractivity contribution in [3.05, 3.63) is 65.4 Å². The number of fused-ring (bicyclic) bond motifs is 4. The van der Waals surface area contributed by atoms with Gasteiger partial charge in [-0.15, -0.1) is 0 Å². The van der Waals surface area contributed by atoms with Gasteiger partial charge in [0.15, 0.2) is 0 Å². The van der Waals surface area contributed by atoms with Crippen molar-refractivity contribution in [2.75, 3.05) is 39.9 Å². The predicted octanol–water partition coefficient (Wildman–Crippen LogP) is 3.08. The SMILES string of the molecule is COC(=O)c1ccc2[nH]c3c(c2c1)CCN[C@@]31CCN(CCOc2ccccc2)C1. The zero-order valence-corrected chi connectivity index (χ0v) is 17.2. The molecule has 0 radical (unpaired) electrons. The molecule has 2 aliphatic rings. The van der Waals surface area contributed by atoms with E-state index in [0.717, 1.165) is 55.7 Å². The first-order chi connectivity index (χ1) is 14.7. The number of carbonyl (C=O) groups is 1. The molecule has 6 nitrogen and oxygen atoms in total. The highest BCUT2D eigenvalue weighted by Crippen LogP contribution is 2.39. The molecule has 0 bridgehead atoms. The second kappa shape index (κ2) is 7.78. The van der Waals surface area contributed by atoms with Crippen LogP contribution in [0.15, 0.2) is 48.5 Å². The average Bonchev–Trinajstić information content (AvgIpc) is 3.36. The Morgan fingerprint density at radius 2 is 2.07 bits per heavy atom. The van der Waals surface area contributed by atoms with Crippen molar-refractivity contribution in [2.45, 2.75) is 18.4 Å². The lowest BCUT2D eigenvalue weighted by molar-refractivity contribution is 0.0601. The molecule has 3 heterocycles. The third-order valence-electron chi connectivity index (χ3n) is 6.41. The molecule has 2 aromatic carbocycles. The van der Waals surface area contributed by atoms with Crippen LogP contribution in [-0.4, -0.2) is 55.7 Å². The molecule has 0 unspecified atom stereocenters. The molecule has 0 amide bonds. The van der Waals surface area contributed by atoms with Crippen molar-refractivity contribution in [1.82, 2.24) is 15.2 Å². The van der Waals surface area contributed by atoms with Crippen LogP contribution in [0.4, 0.5) is 0 Å². The van der Waals surface area contributed by atoms with E-state index in [1.807, 2.05) is 48.5 Å². The summed E-state index contributed by atoms with van der Waals surface area (Å²) in [6.45, 7) is 4.52. The minimum atomic E-state index is -0.291. The molecule has 2 N–H and O–H groups in total. The van der Waals surface area contributed by atoms with Gasteiger partial charge in [-0.3, -0.25) is 4.90 Å². The van der Waals surface area contributed by atoms with Crippen LogP contribution in [0.5, 0.6) is 5.75 Å². The third-order valence-corrected chi connectivity index (χ3v) is 6.41. The predicted molar refractivity (Wildman–Crippen MR) is 116 cm³/mol. The van der Waals surface area contributed by atoms with Crippen LogP contribution in [0.1, 0.15) is 28.0 Å². The molecule has 1 atom stereocenters. The number of rotatable bonds is 5. The Hall–Kier alpha value is -2.83. The Kier molecular flexibility index (Phi) is 4.97. The number of benzene rings is 2. The first kappa shape index (κ1) is 19.2. The van der Waals surface area contributed by atoms with E-state index in [-0.39, 0.29) is 11.5 Å². The zero-order chi connectivity index (χ0) is 20.6. The van der Waals surface area contributed by atoms with Crippen LogP contribution < -0.4 is 10.1 Å². The maximum atomic E-state index is 12.0. The van der Waals surface area contributed by atoms with Gasteiger partial charge in [0, 0.05) is 42.8 Å². The largest absolute Gasteiger partial charge is 0.492 e. The van der Waals surface area contributed by atoms with Gasteiger partial charge < -0.3 is 19.8 Å². The van der Waals surface area contributed by atoms with Crippen LogP contribution in [0.25, 0.3) is 10.9 Å². The highest BCUT2D eigenvalue weighted by Gasteiger charge is 2.44. The molecule has 1 fully saturated rings. The van der Waals surface area contributed by atoms with Crippen molar-refractivity contribution in [3.63, 3.8) is 0 Å². The minimum Gasteiger partial charge on any atom is -0.492 e. The summed E-state index contributed by atoms with van der Waals surface area (Å²) in [4.78, 5) is 18.1. The number of nitrogens with zero attached hydrogens (tertiary/aromatic N) is 1. The number of carbonyl (C=O) groups excluding carboxylic acids is 1. The number of para-hydroxylation sites is 1. The second-order valence-electron chi connectivity index (χ2n) is 8.18. The normalized spacial score (nSPS) is 21.1. The van der Waals surface area contributed by atoms with Gasteiger partial charge in [-0.2, -0.15) is 0 Å². The van der Waals surface area contributed by atoms with E-state index in [4.69, 9.17) is 9.47 Å². The summed E-state index contributed by atoms with van der Waals surface area (Å²) in [5, 5.41) is 4.93. The first-order valence-corrected chi connectivity index (χ1v) is 10.6. The molecular weight excluding hydrogens is 378 g/mol. The number of likely N-dealkylation sites (tertiary alicyclic amines) is 1. The first-order valence-electron chi connectivity index (χ1n) is 10.6. The number of aromatic nitrogens is 1. The highest BCUT2D eigenvalue weighted by molar-refractivity contribution is 5.96. The summed E-state index contributed by atoms with van der Waals surface area (Å²) < 4.78 is 10.8. The molecule has 156 valence electrons. The molecule has 5 rings (SSSR count). The van der Waals surface area contributed by atoms with Crippen molar-refractivity contribution in [2.24, 2.45) is 0 Å². The third kappa shape index (κ3) is 3.36. The summed E-state index contributed by atoms with van der Waals surface area (Å²) in [7, 11) is 1.42. The fourth-order valence-corrected chi connectivity index (χ4v) is 4.91. The van der Waals surface area contributed by atoms with E-state index in [9.17, 15) is 4.79 Å². The topological polar surface area (TPSA) is 66.6 Å². The van der Waals surface area contributed by atoms with Gasteiger partial charge in [-0.25, -0.2) is 4.79 Å². The number of esters is 1. The molecule has 3 aromatic rings. The van der Waals surface area contributed by atoms with E-state index < -0.39 is 0 Å². The fourth-order valence-electron chi connectivity index (χ4n) is 4.91. The smallest absolute Gasteiger partial charge is 0.337 e. The van der Waals surface area contributed by atoms with Crippen LogP contribution in [0.3, 0.4) is 0 Å². The average molecular weight is 405 g/mol. The summed E-state index contributed by atoms with van der Waals surface area (Å²) in [6.07, 6.45) is 2.01. The van der Waals surface area contributed by atoms with Crippen LogP contribution >= 0.6 is 0 Å². The van der Waals surface area contributed by atoms with E-state index in [0.29, 0.717) is 12.2 Å². The van der Waals surface area contributed by atoms with Crippen molar-refractivity contribution >= 4 is 16.9 Å². The van der Waals surface area contributed by atoms with Gasteiger partial charge in [-0.05, 0) is 48.7 Å². The molecule has 0 aliphatic carbocycles. The van der Waals surface area contributed by atoms with E-state index in [2.05, 4.69) is 15.2 Å². The van der Waals surface area contributed by atoms with Crippen molar-refractivity contribution < 1.29 is 14.3 Å². The standard InChI is InChI=1S/C24H27N3O3/c1-29-23(28)17-7-8-21-20(15-17)19-9-11-25-24(22(19)26-21)10-12-27(16-24)13-14-30-18-5-3-2-4-6-18/h2-8,15,25-26H,9-14,16H2,1H3/t24-/m1/s1. The number of methoxy groups -OCH3 is 1. The number of H-pyrrole nitrogens is 1. The number of hydrogen-bond acceptors (Lipinski definition) is 5. The Bertz CT molecular complexity index is 1060. The van der Waals surface area contributed by atoms with Crippen molar-refractivity contribution in [3.8, 4) is 5.75 Å². The number of aromatic amines is 1. The van der Waals surface area contributed by atoms with Gasteiger partial charge in [0.1, 0.15) is 12.4 Å². The van der Waals surface area contributed by atoms with Gasteiger partial charge in [-0.1, -0.05) is 18.2 Å². The van der Waals surface area contributed by atoms with E-state index in [1.54, 1.807) is 0 Å². The number of nitrogens with one attached hydrogen (secondary N) is 2. The second-order valence-corrected chi connectivity index (χ2v) is 8.18. The van der Waals surface area contributed by atoms with Gasteiger partial charge in [0.2, 0.25) is 0 Å². The van der Waals surface area contributed by atoms with Crippen LogP contribution in [0.2, 0.25) is 0 Å². The quantitative estimate of drug-likeness (QED) is 0.639. The fraction of sp³-hybridized carbons (Fsp3) is 0.375. The van der Waals surface area contributed by atoms with E-state index >= 15 is 0 Å². The van der Waals surface area contributed by atoms with Crippen LogP contribution in [-0.2, 0) is 16.7 Å². The summed E-state index contributed by atoms with van der Waals surface area (Å²) in [6, 6.07) is 15.8. The van der Waals surface area contributed by atoms with Gasteiger partial charge in [0.05, 0.1) is 18.2 Å². The maximum absolute atomic E-state index is 12.0. The van der Waals surface area contributed by atoms with Gasteiger partial charge >= 0.3 is 5.97 Å². The maximum Gasteiger partial charge on any atom is 0.337 e. The Balaban J connectivity index is 1.34.